The molecular formula is C25H28BrN5O2. The molecule has 0 aliphatic heterocycles. The number of pyridine rings is 2. The topological polar surface area (TPSA) is 111 Å². The fraction of sp³-hybridized carbons (Fsp3) is 0.280. The second-order valence-corrected chi connectivity index (χ2v) is 8.78. The number of aromatic amines is 1. The number of H-pyrrole nitrogens is 1. The summed E-state index contributed by atoms with van der Waals surface area (Å²) in [7, 11) is 0. The second-order valence-electron chi connectivity index (χ2n) is 8.22. The molecule has 1 amide bonds. The lowest BCUT2D eigenvalue weighted by atomic mass is 10.0. The van der Waals surface area contributed by atoms with Crippen LogP contribution in [0, 0.1) is 19.3 Å². The van der Waals surface area contributed by atoms with Crippen molar-refractivity contribution in [1.29, 1.82) is 5.41 Å². The minimum atomic E-state index is -0.375. The standard InChI is InChI=1S/C25H28BrN5O2/c1-14(2)29-23-20(12-27)19(10-22(31-23)18-7-5-6-17(9-18)11-26)24(32)28-13-21-15(3)8-16(4)30-25(21)33/h5-10,12,14,27H,11,13H2,1-4H3,(H,28,32)(H,29,31)(H,30,33). The van der Waals surface area contributed by atoms with E-state index in [0.717, 1.165) is 28.6 Å². The molecule has 0 atom stereocenters. The van der Waals surface area contributed by atoms with E-state index in [9.17, 15) is 9.59 Å². The van der Waals surface area contributed by atoms with Crippen molar-refractivity contribution < 1.29 is 4.79 Å². The number of aromatic nitrogens is 2. The normalized spacial score (nSPS) is 10.8. The molecule has 0 bridgehead atoms. The Bertz CT molecular complexity index is 1250. The smallest absolute Gasteiger partial charge is 0.253 e. The van der Waals surface area contributed by atoms with Crippen LogP contribution in [0.2, 0.25) is 0 Å². The van der Waals surface area contributed by atoms with Crippen molar-refractivity contribution in [3.8, 4) is 11.3 Å². The van der Waals surface area contributed by atoms with E-state index in [4.69, 9.17) is 10.4 Å². The van der Waals surface area contributed by atoms with Gasteiger partial charge in [-0.05, 0) is 57.0 Å². The summed E-state index contributed by atoms with van der Waals surface area (Å²) in [4.78, 5) is 33.1. The molecule has 3 rings (SSSR count). The van der Waals surface area contributed by atoms with E-state index in [1.54, 1.807) is 6.07 Å². The number of aryl methyl sites for hydroxylation is 2. The molecule has 4 N–H and O–H groups in total. The van der Waals surface area contributed by atoms with Crippen molar-refractivity contribution in [2.45, 2.75) is 45.6 Å². The third kappa shape index (κ3) is 5.76. The molecular weight excluding hydrogens is 482 g/mol. The molecule has 2 aromatic heterocycles. The summed E-state index contributed by atoms with van der Waals surface area (Å²) in [5.74, 6) is 0.0937. The Balaban J connectivity index is 2.04. The maximum absolute atomic E-state index is 13.2. The molecule has 0 radical (unpaired) electrons. The summed E-state index contributed by atoms with van der Waals surface area (Å²) in [6.45, 7) is 7.69. The second kappa shape index (κ2) is 10.6. The Kier molecular flexibility index (Phi) is 7.81. The molecule has 7 nitrogen and oxygen atoms in total. The van der Waals surface area contributed by atoms with Crippen LogP contribution in [-0.2, 0) is 11.9 Å². The van der Waals surface area contributed by atoms with Gasteiger partial charge >= 0.3 is 0 Å². The quantitative estimate of drug-likeness (QED) is 0.260. The minimum Gasteiger partial charge on any atom is -0.367 e. The SMILES string of the molecule is Cc1cc(C)c(CNC(=O)c2cc(-c3cccc(CBr)c3)nc(NC(C)C)c2C=N)c(=O)[nH]1. The molecule has 2 heterocycles. The van der Waals surface area contributed by atoms with E-state index in [2.05, 4.69) is 31.5 Å². The number of carbonyl (C=O) groups excluding carboxylic acids is 1. The molecule has 0 saturated heterocycles. The molecule has 0 aliphatic rings. The Labute approximate surface area is 201 Å². The lowest BCUT2D eigenvalue weighted by Crippen LogP contribution is -2.29. The van der Waals surface area contributed by atoms with Crippen molar-refractivity contribution >= 4 is 33.9 Å². The highest BCUT2D eigenvalue weighted by atomic mass is 79.9. The molecule has 0 aliphatic carbocycles. The molecule has 1 aromatic carbocycles. The third-order valence-electron chi connectivity index (χ3n) is 5.17. The Morgan fingerprint density at radius 3 is 2.64 bits per heavy atom. The number of benzene rings is 1. The van der Waals surface area contributed by atoms with Gasteiger partial charge in [0.05, 0.1) is 11.3 Å². The van der Waals surface area contributed by atoms with E-state index in [-0.39, 0.29) is 24.1 Å². The van der Waals surface area contributed by atoms with Gasteiger partial charge in [0.1, 0.15) is 5.82 Å². The van der Waals surface area contributed by atoms with Crippen LogP contribution in [0.25, 0.3) is 11.3 Å². The highest BCUT2D eigenvalue weighted by molar-refractivity contribution is 9.08. The van der Waals surface area contributed by atoms with Gasteiger partial charge in [0.25, 0.3) is 11.5 Å². The van der Waals surface area contributed by atoms with E-state index >= 15 is 0 Å². The maximum atomic E-state index is 13.2. The van der Waals surface area contributed by atoms with Crippen molar-refractivity contribution in [3.05, 3.63) is 80.3 Å². The largest absolute Gasteiger partial charge is 0.367 e. The lowest BCUT2D eigenvalue weighted by Gasteiger charge is -2.17. The summed E-state index contributed by atoms with van der Waals surface area (Å²) < 4.78 is 0. The molecule has 172 valence electrons. The molecule has 3 aromatic rings. The maximum Gasteiger partial charge on any atom is 0.253 e. The first-order chi connectivity index (χ1) is 15.7. The molecule has 0 fully saturated rings. The van der Waals surface area contributed by atoms with Crippen LogP contribution in [0.4, 0.5) is 5.82 Å². The number of amides is 1. The van der Waals surface area contributed by atoms with Crippen molar-refractivity contribution in [3.63, 3.8) is 0 Å². The van der Waals surface area contributed by atoms with Gasteiger partial charge in [0.2, 0.25) is 0 Å². The zero-order chi connectivity index (χ0) is 24.1. The third-order valence-corrected chi connectivity index (χ3v) is 5.82. The van der Waals surface area contributed by atoms with Gasteiger partial charge < -0.3 is 21.0 Å². The van der Waals surface area contributed by atoms with Crippen LogP contribution in [0.5, 0.6) is 0 Å². The number of anilines is 1. The summed E-state index contributed by atoms with van der Waals surface area (Å²) in [5.41, 5.74) is 5.18. The van der Waals surface area contributed by atoms with Crippen LogP contribution in [0.1, 0.15) is 52.2 Å². The van der Waals surface area contributed by atoms with Crippen molar-refractivity contribution in [1.82, 2.24) is 15.3 Å². The Hall–Kier alpha value is -3.26. The fourth-order valence-corrected chi connectivity index (χ4v) is 3.95. The van der Waals surface area contributed by atoms with Crippen LogP contribution < -0.4 is 16.2 Å². The van der Waals surface area contributed by atoms with Gasteiger partial charge in [-0.25, -0.2) is 4.98 Å². The van der Waals surface area contributed by atoms with Gasteiger partial charge in [-0.2, -0.15) is 0 Å². The summed E-state index contributed by atoms with van der Waals surface area (Å²) in [6.07, 6.45) is 1.13. The minimum absolute atomic E-state index is 0.0602. The summed E-state index contributed by atoms with van der Waals surface area (Å²) in [6, 6.07) is 11.5. The summed E-state index contributed by atoms with van der Waals surface area (Å²) in [5, 5.41) is 14.7. The Morgan fingerprint density at radius 2 is 2.00 bits per heavy atom. The summed E-state index contributed by atoms with van der Waals surface area (Å²) >= 11 is 3.48. The predicted octanol–water partition coefficient (Wildman–Crippen LogP) is 4.70. The molecule has 0 spiro atoms. The van der Waals surface area contributed by atoms with Crippen molar-refractivity contribution in [2.24, 2.45) is 0 Å². The predicted molar refractivity (Wildman–Crippen MR) is 137 cm³/mol. The lowest BCUT2D eigenvalue weighted by molar-refractivity contribution is 0.0950. The fourth-order valence-electron chi connectivity index (χ4n) is 3.60. The molecule has 0 saturated carbocycles. The van der Waals surface area contributed by atoms with Gasteiger partial charge in [-0.1, -0.05) is 34.1 Å². The van der Waals surface area contributed by atoms with E-state index in [0.29, 0.717) is 33.5 Å². The molecule has 8 heteroatoms. The number of rotatable bonds is 8. The van der Waals surface area contributed by atoms with Gasteiger partial charge in [-0.3, -0.25) is 9.59 Å². The highest BCUT2D eigenvalue weighted by Gasteiger charge is 2.19. The molecule has 33 heavy (non-hydrogen) atoms. The Morgan fingerprint density at radius 1 is 1.24 bits per heavy atom. The first-order valence-electron chi connectivity index (χ1n) is 10.7. The van der Waals surface area contributed by atoms with Crippen LogP contribution >= 0.6 is 15.9 Å². The number of nitrogens with one attached hydrogen (secondary N) is 4. The monoisotopic (exact) mass is 509 g/mol. The van der Waals surface area contributed by atoms with Crippen molar-refractivity contribution in [2.75, 3.05) is 5.32 Å². The number of hydrogen-bond acceptors (Lipinski definition) is 5. The van der Waals surface area contributed by atoms with E-state index in [1.165, 1.54) is 0 Å². The number of nitrogens with zero attached hydrogens (tertiary/aromatic N) is 1. The van der Waals surface area contributed by atoms with E-state index in [1.807, 2.05) is 58.0 Å². The zero-order valence-corrected chi connectivity index (χ0v) is 20.8. The highest BCUT2D eigenvalue weighted by Crippen LogP contribution is 2.26. The zero-order valence-electron chi connectivity index (χ0n) is 19.2. The number of halogens is 1. The van der Waals surface area contributed by atoms with Gasteiger partial charge in [0.15, 0.2) is 0 Å². The van der Waals surface area contributed by atoms with Gasteiger partial charge in [-0.15, -0.1) is 0 Å². The molecule has 0 unspecified atom stereocenters. The number of alkyl halides is 1. The first kappa shape index (κ1) is 24.4. The number of hydrogen-bond donors (Lipinski definition) is 4. The van der Waals surface area contributed by atoms with E-state index < -0.39 is 0 Å². The number of carbonyl (C=O) groups is 1. The van der Waals surface area contributed by atoms with Gasteiger partial charge in [0, 0.05) is 46.5 Å². The van der Waals surface area contributed by atoms with Crippen LogP contribution in [-0.4, -0.2) is 28.1 Å². The first-order valence-corrected chi connectivity index (χ1v) is 11.8. The average molecular weight is 510 g/mol. The average Bonchev–Trinajstić information content (AvgIpc) is 2.77. The van der Waals surface area contributed by atoms with Crippen LogP contribution in [0.15, 0.2) is 41.2 Å². The van der Waals surface area contributed by atoms with Crippen LogP contribution in [0.3, 0.4) is 0 Å².